The zero-order valence-corrected chi connectivity index (χ0v) is 11.6. The molecular formula is C11H14BrNO2S. The molecule has 0 radical (unpaired) electrons. The molecule has 0 aliphatic carbocycles. The van der Waals surface area contributed by atoms with Crippen molar-refractivity contribution in [3.63, 3.8) is 0 Å². The van der Waals surface area contributed by atoms with Gasteiger partial charge in [-0.1, -0.05) is 11.3 Å². The summed E-state index contributed by atoms with van der Waals surface area (Å²) in [6, 6.07) is 6.02. The van der Waals surface area contributed by atoms with E-state index in [1.807, 2.05) is 12.1 Å². The molecule has 0 spiro atoms. The van der Waals surface area contributed by atoms with Crippen molar-refractivity contribution < 1.29 is 31.4 Å². The van der Waals surface area contributed by atoms with Crippen molar-refractivity contribution in [2.24, 2.45) is 0 Å². The Morgan fingerprint density at radius 1 is 1.44 bits per heavy atom. The van der Waals surface area contributed by atoms with Gasteiger partial charge in [-0.3, -0.25) is 0 Å². The van der Waals surface area contributed by atoms with Crippen LogP contribution >= 0.6 is 11.3 Å². The Bertz CT molecular complexity index is 484. The standard InChI is InChI=1S/C11H14NO2S.BrH/c1-8-12(5-6-13)10-7-9(14-2)3-4-11(10)15-8;/h3-4,7,13H,5-6H2,1-2H3;1H/q+1;/p-1. The van der Waals surface area contributed by atoms with Gasteiger partial charge >= 0.3 is 0 Å². The molecule has 0 aliphatic heterocycles. The highest BCUT2D eigenvalue weighted by molar-refractivity contribution is 7.18. The minimum Gasteiger partial charge on any atom is -1.00 e. The van der Waals surface area contributed by atoms with Gasteiger partial charge in [-0.15, -0.1) is 0 Å². The van der Waals surface area contributed by atoms with Crippen molar-refractivity contribution in [1.82, 2.24) is 0 Å². The lowest BCUT2D eigenvalue weighted by molar-refractivity contribution is -0.674. The Labute approximate surface area is 109 Å². The van der Waals surface area contributed by atoms with E-state index in [0.29, 0.717) is 6.54 Å². The number of benzene rings is 1. The number of aliphatic hydroxyl groups excluding tert-OH is 1. The molecule has 1 aromatic heterocycles. The largest absolute Gasteiger partial charge is 1.00 e. The summed E-state index contributed by atoms with van der Waals surface area (Å²) in [5.74, 6) is 0.854. The SMILES string of the molecule is COc1ccc2sc(C)[n+](CCO)c2c1.[Br-]. The fourth-order valence-electron chi connectivity index (χ4n) is 1.68. The van der Waals surface area contributed by atoms with Gasteiger partial charge in [-0.25, -0.2) is 0 Å². The Kier molecular flexibility index (Phi) is 4.70. The average Bonchev–Trinajstić information content (AvgIpc) is 2.55. The lowest BCUT2D eigenvalue weighted by Crippen LogP contribution is -3.00. The number of rotatable bonds is 3. The van der Waals surface area contributed by atoms with Gasteiger partial charge in [0.15, 0.2) is 6.54 Å². The maximum atomic E-state index is 9.00. The maximum Gasteiger partial charge on any atom is 0.235 e. The number of halogens is 1. The van der Waals surface area contributed by atoms with Gasteiger partial charge < -0.3 is 26.8 Å². The normalized spacial score (nSPS) is 10.2. The summed E-state index contributed by atoms with van der Waals surface area (Å²) in [6.07, 6.45) is 0. The fraction of sp³-hybridized carbons (Fsp3) is 0.364. The molecule has 0 saturated carbocycles. The summed E-state index contributed by atoms with van der Waals surface area (Å²) < 4.78 is 8.53. The van der Waals surface area contributed by atoms with E-state index in [4.69, 9.17) is 9.84 Å². The van der Waals surface area contributed by atoms with Crippen LogP contribution in [0.15, 0.2) is 18.2 Å². The molecule has 2 aromatic rings. The molecule has 0 atom stereocenters. The van der Waals surface area contributed by atoms with Crippen molar-refractivity contribution in [2.45, 2.75) is 13.5 Å². The number of aliphatic hydroxyl groups is 1. The zero-order chi connectivity index (χ0) is 10.8. The van der Waals surface area contributed by atoms with Crippen LogP contribution < -0.4 is 26.3 Å². The molecule has 0 fully saturated rings. The summed E-state index contributed by atoms with van der Waals surface area (Å²) in [6.45, 7) is 2.86. The molecule has 0 bridgehead atoms. The van der Waals surface area contributed by atoms with Gasteiger partial charge in [-0.2, -0.15) is 4.57 Å². The molecule has 5 heteroatoms. The third-order valence-corrected chi connectivity index (χ3v) is 3.50. The number of ether oxygens (including phenoxy) is 1. The lowest BCUT2D eigenvalue weighted by Gasteiger charge is -1.97. The smallest absolute Gasteiger partial charge is 0.235 e. The number of fused-ring (bicyclic) bond motifs is 1. The Hall–Kier alpha value is -0.650. The van der Waals surface area contributed by atoms with E-state index in [-0.39, 0.29) is 23.6 Å². The van der Waals surface area contributed by atoms with Crippen molar-refractivity contribution in [1.29, 1.82) is 0 Å². The summed E-state index contributed by atoms with van der Waals surface area (Å²) in [5, 5.41) is 10.2. The summed E-state index contributed by atoms with van der Waals surface area (Å²) >= 11 is 1.73. The first-order valence-electron chi connectivity index (χ1n) is 4.84. The van der Waals surface area contributed by atoms with Crippen LogP contribution in [0.3, 0.4) is 0 Å². The molecule has 0 saturated heterocycles. The van der Waals surface area contributed by atoms with Crippen LogP contribution in [-0.2, 0) is 6.54 Å². The highest BCUT2D eigenvalue weighted by atomic mass is 79.9. The number of hydrogen-bond acceptors (Lipinski definition) is 3. The quantitative estimate of drug-likeness (QED) is 0.701. The molecule has 16 heavy (non-hydrogen) atoms. The van der Waals surface area contributed by atoms with E-state index in [1.54, 1.807) is 18.4 Å². The van der Waals surface area contributed by atoms with Gasteiger partial charge in [0, 0.05) is 6.92 Å². The van der Waals surface area contributed by atoms with Crippen LogP contribution in [0.5, 0.6) is 5.75 Å². The molecule has 1 heterocycles. The van der Waals surface area contributed by atoms with Crippen LogP contribution in [-0.4, -0.2) is 18.8 Å². The van der Waals surface area contributed by atoms with E-state index in [1.165, 1.54) is 9.71 Å². The van der Waals surface area contributed by atoms with Gasteiger partial charge in [0.1, 0.15) is 17.1 Å². The molecule has 1 N–H and O–H groups in total. The number of thiazole rings is 1. The van der Waals surface area contributed by atoms with E-state index >= 15 is 0 Å². The lowest BCUT2D eigenvalue weighted by atomic mass is 10.3. The predicted molar refractivity (Wildman–Crippen MR) is 60.4 cm³/mol. The van der Waals surface area contributed by atoms with Gasteiger partial charge in [-0.05, 0) is 12.1 Å². The summed E-state index contributed by atoms with van der Waals surface area (Å²) in [5.41, 5.74) is 1.13. The Balaban J connectivity index is 0.00000128. The number of methoxy groups -OCH3 is 1. The van der Waals surface area contributed by atoms with Crippen LogP contribution in [0.2, 0.25) is 0 Å². The van der Waals surface area contributed by atoms with Crippen LogP contribution in [0.1, 0.15) is 5.01 Å². The zero-order valence-electron chi connectivity index (χ0n) is 9.24. The van der Waals surface area contributed by atoms with Crippen LogP contribution in [0.4, 0.5) is 0 Å². The third-order valence-electron chi connectivity index (χ3n) is 2.42. The monoisotopic (exact) mass is 303 g/mol. The van der Waals surface area contributed by atoms with E-state index in [0.717, 1.165) is 11.3 Å². The number of hydrogen-bond donors (Lipinski definition) is 1. The highest BCUT2D eigenvalue weighted by Crippen LogP contribution is 2.24. The molecular weight excluding hydrogens is 290 g/mol. The molecule has 1 aromatic carbocycles. The first kappa shape index (κ1) is 13.4. The first-order valence-corrected chi connectivity index (χ1v) is 5.65. The van der Waals surface area contributed by atoms with E-state index < -0.39 is 0 Å². The molecule has 0 amide bonds. The average molecular weight is 304 g/mol. The predicted octanol–water partition coefficient (Wildman–Crippen LogP) is -1.50. The Morgan fingerprint density at radius 2 is 2.19 bits per heavy atom. The molecule has 0 aliphatic rings. The first-order chi connectivity index (χ1) is 7.26. The minimum absolute atomic E-state index is 0. The highest BCUT2D eigenvalue weighted by Gasteiger charge is 2.16. The topological polar surface area (TPSA) is 33.3 Å². The van der Waals surface area contributed by atoms with Crippen molar-refractivity contribution >= 4 is 21.6 Å². The van der Waals surface area contributed by atoms with Crippen molar-refractivity contribution in [3.8, 4) is 5.75 Å². The van der Waals surface area contributed by atoms with Crippen molar-refractivity contribution in [3.05, 3.63) is 23.2 Å². The molecule has 3 nitrogen and oxygen atoms in total. The summed E-state index contributed by atoms with van der Waals surface area (Å²) in [4.78, 5) is 0. The second-order valence-electron chi connectivity index (χ2n) is 3.33. The second-order valence-corrected chi connectivity index (χ2v) is 4.56. The van der Waals surface area contributed by atoms with Crippen LogP contribution in [0, 0.1) is 6.92 Å². The number of aryl methyl sites for hydroxylation is 1. The Morgan fingerprint density at radius 3 is 2.81 bits per heavy atom. The van der Waals surface area contributed by atoms with E-state index in [9.17, 15) is 0 Å². The van der Waals surface area contributed by atoms with Crippen LogP contribution in [0.25, 0.3) is 10.2 Å². The number of aromatic nitrogens is 1. The van der Waals surface area contributed by atoms with Crippen molar-refractivity contribution in [2.75, 3.05) is 13.7 Å². The van der Waals surface area contributed by atoms with Gasteiger partial charge in [0.25, 0.3) is 0 Å². The molecule has 88 valence electrons. The fourth-order valence-corrected chi connectivity index (χ4v) is 2.71. The van der Waals surface area contributed by atoms with Gasteiger partial charge in [0.2, 0.25) is 10.5 Å². The third kappa shape index (κ3) is 2.36. The van der Waals surface area contributed by atoms with E-state index in [2.05, 4.69) is 17.6 Å². The minimum atomic E-state index is 0. The molecule has 0 unspecified atom stereocenters. The maximum absolute atomic E-state index is 9.00. The van der Waals surface area contributed by atoms with Gasteiger partial charge in [0.05, 0.1) is 13.2 Å². The summed E-state index contributed by atoms with van der Waals surface area (Å²) in [7, 11) is 1.66. The number of nitrogens with zero attached hydrogens (tertiary/aromatic N) is 1. The molecule has 2 rings (SSSR count). The second kappa shape index (κ2) is 5.61.